The lowest BCUT2D eigenvalue weighted by Gasteiger charge is -2.18. The van der Waals surface area contributed by atoms with Gasteiger partial charge in [0.1, 0.15) is 0 Å². The van der Waals surface area contributed by atoms with Crippen molar-refractivity contribution in [3.8, 4) is 5.69 Å². The number of hydrogen-bond donors (Lipinski definition) is 3. The van der Waals surface area contributed by atoms with Crippen LogP contribution in [0.15, 0.2) is 36.5 Å². The summed E-state index contributed by atoms with van der Waals surface area (Å²) in [5.74, 6) is 0.902. The highest BCUT2D eigenvalue weighted by Gasteiger charge is 2.15. The van der Waals surface area contributed by atoms with Gasteiger partial charge in [-0.15, -0.1) is 5.10 Å². The van der Waals surface area contributed by atoms with Gasteiger partial charge in [-0.3, -0.25) is 5.32 Å². The van der Waals surface area contributed by atoms with Gasteiger partial charge >= 0.3 is 6.03 Å². The van der Waals surface area contributed by atoms with Crippen LogP contribution >= 0.6 is 0 Å². The molecule has 1 heterocycles. The van der Waals surface area contributed by atoms with Crippen LogP contribution in [0.5, 0.6) is 0 Å². The Kier molecular flexibility index (Phi) is 5.76. The van der Waals surface area contributed by atoms with Crippen molar-refractivity contribution < 1.29 is 9.90 Å². The minimum atomic E-state index is -0.355. The summed E-state index contributed by atoms with van der Waals surface area (Å²) in [6.45, 7) is 5.91. The van der Waals surface area contributed by atoms with Crippen molar-refractivity contribution in [3.63, 3.8) is 0 Å². The van der Waals surface area contributed by atoms with E-state index in [9.17, 15) is 9.90 Å². The maximum atomic E-state index is 12.1. The highest BCUT2D eigenvalue weighted by molar-refractivity contribution is 5.89. The first kappa shape index (κ1) is 17.0. The summed E-state index contributed by atoms with van der Waals surface area (Å²) < 4.78 is 1.72. The molecule has 0 saturated heterocycles. The Morgan fingerprint density at radius 2 is 2.00 bits per heavy atom. The van der Waals surface area contributed by atoms with Gasteiger partial charge in [-0.1, -0.05) is 32.0 Å². The number of aliphatic hydroxyl groups is 1. The Morgan fingerprint density at radius 1 is 1.30 bits per heavy atom. The predicted octanol–water partition coefficient (Wildman–Crippen LogP) is 2.71. The van der Waals surface area contributed by atoms with Gasteiger partial charge in [0.25, 0.3) is 0 Å². The monoisotopic (exact) mass is 316 g/mol. The molecular weight excluding hydrogens is 292 g/mol. The molecule has 1 atom stereocenters. The van der Waals surface area contributed by atoms with Gasteiger partial charge in [-0.25, -0.2) is 9.48 Å². The summed E-state index contributed by atoms with van der Waals surface area (Å²) in [5, 5.41) is 19.3. The number of aliphatic hydroxyl groups excluding tert-OH is 1. The van der Waals surface area contributed by atoms with E-state index in [4.69, 9.17) is 0 Å². The van der Waals surface area contributed by atoms with Gasteiger partial charge in [-0.05, 0) is 31.4 Å². The molecule has 0 spiro atoms. The van der Waals surface area contributed by atoms with Crippen LogP contribution in [0.3, 0.4) is 0 Å². The smallest absolute Gasteiger partial charge is 0.320 e. The van der Waals surface area contributed by atoms with Gasteiger partial charge in [0.2, 0.25) is 0 Å². The van der Waals surface area contributed by atoms with Crippen LogP contribution in [0.1, 0.15) is 25.8 Å². The summed E-state index contributed by atoms with van der Waals surface area (Å²) in [6.07, 6.45) is 2.59. The summed E-state index contributed by atoms with van der Waals surface area (Å²) in [4.78, 5) is 12.1. The van der Waals surface area contributed by atoms with E-state index in [2.05, 4.69) is 15.7 Å². The number of rotatable bonds is 6. The third kappa shape index (κ3) is 4.82. The van der Waals surface area contributed by atoms with Crippen LogP contribution in [0, 0.1) is 12.8 Å². The molecule has 0 aliphatic carbocycles. The van der Waals surface area contributed by atoms with Crippen LogP contribution < -0.4 is 10.6 Å². The zero-order valence-corrected chi connectivity index (χ0v) is 13.8. The van der Waals surface area contributed by atoms with Crippen molar-refractivity contribution >= 4 is 11.8 Å². The molecule has 124 valence electrons. The van der Waals surface area contributed by atoms with Crippen LogP contribution in [-0.4, -0.2) is 33.6 Å². The van der Waals surface area contributed by atoms with Gasteiger partial charge in [0, 0.05) is 11.8 Å². The summed E-state index contributed by atoms with van der Waals surface area (Å²) >= 11 is 0. The number of anilines is 1. The van der Waals surface area contributed by atoms with Crippen LogP contribution in [-0.2, 0) is 0 Å². The molecule has 0 radical (unpaired) electrons. The van der Waals surface area contributed by atoms with Gasteiger partial charge in [0.05, 0.1) is 18.3 Å². The van der Waals surface area contributed by atoms with Gasteiger partial charge in [-0.2, -0.15) is 0 Å². The molecule has 2 aromatic rings. The van der Waals surface area contributed by atoms with E-state index >= 15 is 0 Å². The van der Waals surface area contributed by atoms with Crippen molar-refractivity contribution in [2.45, 2.75) is 33.2 Å². The van der Waals surface area contributed by atoms with Crippen molar-refractivity contribution in [2.75, 3.05) is 11.9 Å². The molecule has 0 bridgehead atoms. The van der Waals surface area contributed by atoms with Gasteiger partial charge < -0.3 is 10.4 Å². The predicted molar refractivity (Wildman–Crippen MR) is 90.8 cm³/mol. The highest BCUT2D eigenvalue weighted by Crippen LogP contribution is 2.15. The number of para-hydroxylation sites is 1. The van der Waals surface area contributed by atoms with E-state index in [1.807, 2.05) is 57.3 Å². The Balaban J connectivity index is 2.03. The third-order valence-electron chi connectivity index (χ3n) is 3.46. The molecule has 6 heteroatoms. The number of aromatic nitrogens is 2. The molecule has 0 saturated carbocycles. The van der Waals surface area contributed by atoms with Crippen LogP contribution in [0.25, 0.3) is 5.69 Å². The number of nitrogens with one attached hydrogen (secondary N) is 2. The molecule has 1 aromatic carbocycles. The molecule has 1 aromatic heterocycles. The number of aryl methyl sites for hydroxylation is 1. The second kappa shape index (κ2) is 7.78. The minimum Gasteiger partial charge on any atom is -0.394 e. The molecule has 23 heavy (non-hydrogen) atoms. The zero-order chi connectivity index (χ0) is 16.8. The van der Waals surface area contributed by atoms with E-state index in [-0.39, 0.29) is 18.7 Å². The average molecular weight is 316 g/mol. The normalized spacial score (nSPS) is 12.2. The van der Waals surface area contributed by atoms with Crippen LogP contribution in [0.2, 0.25) is 0 Å². The van der Waals surface area contributed by atoms with Crippen molar-refractivity contribution in [2.24, 2.45) is 5.92 Å². The fourth-order valence-corrected chi connectivity index (χ4v) is 2.37. The number of nitrogens with zero attached hydrogens (tertiary/aromatic N) is 2. The second-order valence-corrected chi connectivity index (χ2v) is 6.05. The fourth-order valence-electron chi connectivity index (χ4n) is 2.37. The first-order valence-electron chi connectivity index (χ1n) is 7.79. The number of amides is 2. The quantitative estimate of drug-likeness (QED) is 0.766. The lowest BCUT2D eigenvalue weighted by Crippen LogP contribution is -2.41. The van der Waals surface area contributed by atoms with E-state index in [1.54, 1.807) is 4.68 Å². The number of carbonyl (C=O) groups excluding carboxylic acids is 1. The first-order valence-corrected chi connectivity index (χ1v) is 7.79. The minimum absolute atomic E-state index is 0.0803. The molecule has 2 rings (SSSR count). The fraction of sp³-hybridized carbons (Fsp3) is 0.412. The number of benzene rings is 1. The molecule has 1 unspecified atom stereocenters. The Hall–Kier alpha value is -2.34. The molecule has 2 amide bonds. The lowest BCUT2D eigenvalue weighted by atomic mass is 10.0. The standard InChI is InChI=1S/C17H24N4O2/c1-12(2)9-14(11-22)18-17(23)19-16-13(3)10-21(20-16)15-7-5-4-6-8-15/h4-8,10,12,14,22H,9,11H2,1-3H3,(H2,18,19,20,23). The van der Waals surface area contributed by atoms with Crippen LogP contribution in [0.4, 0.5) is 10.6 Å². The molecule has 0 aliphatic heterocycles. The van der Waals surface area contributed by atoms with E-state index < -0.39 is 0 Å². The van der Waals surface area contributed by atoms with Crippen molar-refractivity contribution in [1.29, 1.82) is 0 Å². The molecule has 3 N–H and O–H groups in total. The maximum Gasteiger partial charge on any atom is 0.320 e. The molecule has 0 fully saturated rings. The zero-order valence-electron chi connectivity index (χ0n) is 13.8. The van der Waals surface area contributed by atoms with Crippen molar-refractivity contribution in [1.82, 2.24) is 15.1 Å². The van der Waals surface area contributed by atoms with E-state index in [0.29, 0.717) is 11.7 Å². The van der Waals surface area contributed by atoms with E-state index in [1.165, 1.54) is 0 Å². The number of hydrogen-bond acceptors (Lipinski definition) is 3. The Labute approximate surface area is 136 Å². The summed E-state index contributed by atoms with van der Waals surface area (Å²) in [6, 6.07) is 9.09. The lowest BCUT2D eigenvalue weighted by molar-refractivity contribution is 0.214. The highest BCUT2D eigenvalue weighted by atomic mass is 16.3. The maximum absolute atomic E-state index is 12.1. The largest absolute Gasteiger partial charge is 0.394 e. The molecule has 6 nitrogen and oxygen atoms in total. The number of carbonyl (C=O) groups is 1. The second-order valence-electron chi connectivity index (χ2n) is 6.05. The molecular formula is C17H24N4O2. The topological polar surface area (TPSA) is 79.2 Å². The average Bonchev–Trinajstić information content (AvgIpc) is 2.88. The van der Waals surface area contributed by atoms with Gasteiger partial charge in [0.15, 0.2) is 5.82 Å². The third-order valence-corrected chi connectivity index (χ3v) is 3.46. The molecule has 0 aliphatic rings. The summed E-state index contributed by atoms with van der Waals surface area (Å²) in [7, 11) is 0. The first-order chi connectivity index (χ1) is 11.0. The van der Waals surface area contributed by atoms with Crippen molar-refractivity contribution in [3.05, 3.63) is 42.1 Å². The summed E-state index contributed by atoms with van der Waals surface area (Å²) in [5.41, 5.74) is 1.80. The Bertz CT molecular complexity index is 637. The van der Waals surface area contributed by atoms with E-state index in [0.717, 1.165) is 17.7 Å². The number of urea groups is 1. The Morgan fingerprint density at radius 3 is 2.61 bits per heavy atom. The SMILES string of the molecule is Cc1cn(-c2ccccc2)nc1NC(=O)NC(CO)CC(C)C.